The van der Waals surface area contributed by atoms with E-state index in [2.05, 4.69) is 20.8 Å². The summed E-state index contributed by atoms with van der Waals surface area (Å²) in [5.74, 6) is 0.550. The topological polar surface area (TPSA) is 81.1 Å². The van der Waals surface area contributed by atoms with Crippen LogP contribution in [0.2, 0.25) is 0 Å². The van der Waals surface area contributed by atoms with Gasteiger partial charge in [0.1, 0.15) is 16.8 Å². The van der Waals surface area contributed by atoms with Crippen molar-refractivity contribution in [1.82, 2.24) is 20.3 Å². The predicted octanol–water partition coefficient (Wildman–Crippen LogP) is 4.25. The molecule has 0 atom stereocenters. The van der Waals surface area contributed by atoms with E-state index in [1.807, 2.05) is 74.5 Å². The number of carbonyl (C=O) groups excluding carboxylic acids is 1. The van der Waals surface area contributed by atoms with E-state index >= 15 is 0 Å². The van der Waals surface area contributed by atoms with Crippen LogP contribution in [0.25, 0.3) is 16.7 Å². The highest BCUT2D eigenvalue weighted by Crippen LogP contribution is 2.19. The number of rotatable bonds is 5. The van der Waals surface area contributed by atoms with E-state index in [0.717, 1.165) is 22.5 Å². The van der Waals surface area contributed by atoms with E-state index in [4.69, 9.17) is 17.0 Å². The van der Waals surface area contributed by atoms with Crippen LogP contribution in [0, 0.1) is 6.92 Å². The fourth-order valence-electron chi connectivity index (χ4n) is 3.11. The van der Waals surface area contributed by atoms with Gasteiger partial charge < -0.3 is 10.1 Å². The van der Waals surface area contributed by atoms with Gasteiger partial charge in [0.15, 0.2) is 5.11 Å². The zero-order valence-electron chi connectivity index (χ0n) is 17.1. The summed E-state index contributed by atoms with van der Waals surface area (Å²) in [7, 11) is 0. The molecule has 31 heavy (non-hydrogen) atoms. The van der Waals surface area contributed by atoms with Crippen molar-refractivity contribution in [1.29, 1.82) is 0 Å². The van der Waals surface area contributed by atoms with Crippen LogP contribution in [0.4, 0.5) is 5.69 Å². The number of benzene rings is 3. The highest BCUT2D eigenvalue weighted by molar-refractivity contribution is 7.80. The zero-order valence-corrected chi connectivity index (χ0v) is 17.9. The van der Waals surface area contributed by atoms with E-state index in [0.29, 0.717) is 23.4 Å². The van der Waals surface area contributed by atoms with Gasteiger partial charge in [-0.1, -0.05) is 18.2 Å². The van der Waals surface area contributed by atoms with E-state index in [1.165, 1.54) is 0 Å². The van der Waals surface area contributed by atoms with Crippen molar-refractivity contribution in [3.8, 4) is 11.4 Å². The van der Waals surface area contributed by atoms with Crippen LogP contribution in [-0.4, -0.2) is 32.6 Å². The summed E-state index contributed by atoms with van der Waals surface area (Å²) < 4.78 is 5.47. The fourth-order valence-corrected chi connectivity index (χ4v) is 3.32. The van der Waals surface area contributed by atoms with Gasteiger partial charge in [-0.3, -0.25) is 10.1 Å². The zero-order chi connectivity index (χ0) is 21.8. The normalized spacial score (nSPS) is 10.6. The Hall–Kier alpha value is -3.78. The number of thiocarbonyl (C=S) groups is 1. The number of amides is 1. The van der Waals surface area contributed by atoms with E-state index in [9.17, 15) is 4.79 Å². The fraction of sp³-hybridized carbons (Fsp3) is 0.130. The number of anilines is 1. The van der Waals surface area contributed by atoms with Gasteiger partial charge in [0.05, 0.1) is 12.3 Å². The molecule has 4 rings (SSSR count). The second-order valence-corrected chi connectivity index (χ2v) is 7.25. The molecular weight excluding hydrogens is 410 g/mol. The predicted molar refractivity (Wildman–Crippen MR) is 125 cm³/mol. The number of aromatic nitrogens is 3. The van der Waals surface area contributed by atoms with Crippen molar-refractivity contribution < 1.29 is 9.53 Å². The number of hydrogen-bond donors (Lipinski definition) is 2. The Morgan fingerprint density at radius 2 is 1.77 bits per heavy atom. The van der Waals surface area contributed by atoms with Crippen LogP contribution in [0.3, 0.4) is 0 Å². The van der Waals surface area contributed by atoms with Crippen LogP contribution in [-0.2, 0) is 0 Å². The van der Waals surface area contributed by atoms with Gasteiger partial charge in [-0.15, -0.1) is 10.2 Å². The van der Waals surface area contributed by atoms with Gasteiger partial charge >= 0.3 is 0 Å². The number of carbonyl (C=O) groups is 1. The molecule has 0 aliphatic carbocycles. The molecule has 3 aromatic carbocycles. The SMILES string of the molecule is CCOc1ccc(-n2nc3ccc(NC(=S)NC(=O)c4ccccc4C)cc3n2)cc1. The van der Waals surface area contributed by atoms with E-state index in [1.54, 1.807) is 10.9 Å². The maximum atomic E-state index is 12.4. The molecule has 0 spiro atoms. The third kappa shape index (κ3) is 4.70. The maximum absolute atomic E-state index is 12.4. The average Bonchev–Trinajstić information content (AvgIpc) is 3.18. The largest absolute Gasteiger partial charge is 0.494 e. The molecule has 1 aromatic heterocycles. The summed E-state index contributed by atoms with van der Waals surface area (Å²) in [5.41, 5.74) is 4.45. The lowest BCUT2D eigenvalue weighted by atomic mass is 10.1. The second kappa shape index (κ2) is 8.93. The van der Waals surface area contributed by atoms with Crippen molar-refractivity contribution in [3.63, 3.8) is 0 Å². The summed E-state index contributed by atoms with van der Waals surface area (Å²) in [5, 5.41) is 15.0. The van der Waals surface area contributed by atoms with E-state index in [-0.39, 0.29) is 11.0 Å². The Morgan fingerprint density at radius 1 is 1.03 bits per heavy atom. The van der Waals surface area contributed by atoms with Crippen LogP contribution in [0.15, 0.2) is 66.7 Å². The van der Waals surface area contributed by atoms with Gasteiger partial charge in [-0.05, 0) is 80.2 Å². The summed E-state index contributed by atoms with van der Waals surface area (Å²) in [6.07, 6.45) is 0. The Bertz CT molecular complexity index is 1250. The number of aryl methyl sites for hydroxylation is 1. The van der Waals surface area contributed by atoms with Gasteiger partial charge in [-0.2, -0.15) is 4.80 Å². The Morgan fingerprint density at radius 3 is 2.52 bits per heavy atom. The maximum Gasteiger partial charge on any atom is 0.257 e. The summed E-state index contributed by atoms with van der Waals surface area (Å²) >= 11 is 5.30. The molecule has 0 saturated carbocycles. The first kappa shape index (κ1) is 20.5. The molecular formula is C23H21N5O2S. The molecule has 1 amide bonds. The molecule has 0 bridgehead atoms. The minimum atomic E-state index is -0.252. The van der Waals surface area contributed by atoms with E-state index < -0.39 is 0 Å². The van der Waals surface area contributed by atoms with Crippen LogP contribution in [0.1, 0.15) is 22.8 Å². The number of nitrogens with one attached hydrogen (secondary N) is 2. The molecule has 0 saturated heterocycles. The minimum absolute atomic E-state index is 0.214. The monoisotopic (exact) mass is 431 g/mol. The molecule has 0 fully saturated rings. The minimum Gasteiger partial charge on any atom is -0.494 e. The summed E-state index contributed by atoms with van der Waals surface area (Å²) in [6.45, 7) is 4.44. The first-order valence-electron chi connectivity index (χ1n) is 9.82. The summed E-state index contributed by atoms with van der Waals surface area (Å²) in [6, 6.07) is 20.4. The molecule has 0 aliphatic rings. The van der Waals surface area contributed by atoms with Crippen LogP contribution < -0.4 is 15.4 Å². The quantitative estimate of drug-likeness (QED) is 0.460. The highest BCUT2D eigenvalue weighted by atomic mass is 32.1. The lowest BCUT2D eigenvalue weighted by Crippen LogP contribution is -2.34. The van der Waals surface area contributed by atoms with Gasteiger partial charge in [0.2, 0.25) is 0 Å². The van der Waals surface area contributed by atoms with Crippen molar-refractivity contribution in [2.24, 2.45) is 0 Å². The first-order valence-corrected chi connectivity index (χ1v) is 10.2. The van der Waals surface area contributed by atoms with Crippen LogP contribution >= 0.6 is 12.2 Å². The molecule has 0 radical (unpaired) electrons. The first-order chi connectivity index (χ1) is 15.0. The average molecular weight is 432 g/mol. The molecule has 0 unspecified atom stereocenters. The number of nitrogens with zero attached hydrogens (tertiary/aromatic N) is 3. The summed E-state index contributed by atoms with van der Waals surface area (Å²) in [4.78, 5) is 14.0. The van der Waals surface area contributed by atoms with Gasteiger partial charge in [-0.25, -0.2) is 0 Å². The third-order valence-corrected chi connectivity index (χ3v) is 4.84. The lowest BCUT2D eigenvalue weighted by Gasteiger charge is -2.10. The van der Waals surface area contributed by atoms with Crippen molar-refractivity contribution >= 4 is 40.0 Å². The second-order valence-electron chi connectivity index (χ2n) is 6.84. The van der Waals surface area contributed by atoms with Crippen molar-refractivity contribution in [3.05, 3.63) is 77.9 Å². The molecule has 7 nitrogen and oxygen atoms in total. The molecule has 156 valence electrons. The van der Waals surface area contributed by atoms with Gasteiger partial charge in [0, 0.05) is 11.3 Å². The number of hydrogen-bond acceptors (Lipinski definition) is 5. The van der Waals surface area contributed by atoms with Gasteiger partial charge in [0.25, 0.3) is 5.91 Å². The standard InChI is InChI=1S/C23H21N5O2S/c1-3-30-18-11-9-17(10-12-18)28-26-20-13-8-16(14-21(20)27-28)24-23(31)25-22(29)19-7-5-4-6-15(19)2/h4-14H,3H2,1-2H3,(H2,24,25,29,31). The molecule has 2 N–H and O–H groups in total. The third-order valence-electron chi connectivity index (χ3n) is 4.63. The highest BCUT2D eigenvalue weighted by Gasteiger charge is 2.11. The molecule has 1 heterocycles. The van der Waals surface area contributed by atoms with Crippen molar-refractivity contribution in [2.75, 3.05) is 11.9 Å². The van der Waals surface area contributed by atoms with Crippen LogP contribution in [0.5, 0.6) is 5.75 Å². The lowest BCUT2D eigenvalue weighted by molar-refractivity contribution is 0.0977. The molecule has 0 aliphatic heterocycles. The number of ether oxygens (including phenoxy) is 1. The molecule has 8 heteroatoms. The number of fused-ring (bicyclic) bond motifs is 1. The Kier molecular flexibility index (Phi) is 5.90. The molecule has 4 aromatic rings. The van der Waals surface area contributed by atoms with Crippen molar-refractivity contribution in [2.45, 2.75) is 13.8 Å². The smallest absolute Gasteiger partial charge is 0.257 e. The Labute approximate surface area is 185 Å². The Balaban J connectivity index is 1.47.